The maximum Gasteiger partial charge on any atom is 0.164 e. The molecule has 1 atom stereocenters. The lowest BCUT2D eigenvalue weighted by molar-refractivity contribution is 0.0952. The molecule has 3 nitrogen and oxygen atoms in total. The van der Waals surface area contributed by atoms with Crippen LogP contribution in [0.2, 0.25) is 0 Å². The number of rotatable bonds is 0. The maximum atomic E-state index is 11.7. The Kier molecular flexibility index (Phi) is 2.41. The molecule has 1 heterocycles. The lowest BCUT2D eigenvalue weighted by atomic mass is 9.87. The molecular formula is C11H10N2OS. The van der Waals surface area contributed by atoms with Crippen molar-refractivity contribution in [2.45, 2.75) is 19.8 Å². The molecule has 0 bridgehead atoms. The van der Waals surface area contributed by atoms with Crippen LogP contribution in [0.5, 0.6) is 0 Å². The SMILES string of the molecule is CC1CC(=O)c2cc(C#N)c(=S)[nH]c2C1. The van der Waals surface area contributed by atoms with Crippen molar-refractivity contribution in [3.8, 4) is 6.07 Å². The minimum atomic E-state index is 0.103. The summed E-state index contributed by atoms with van der Waals surface area (Å²) in [6.45, 7) is 2.04. The van der Waals surface area contributed by atoms with Crippen molar-refractivity contribution >= 4 is 18.0 Å². The first kappa shape index (κ1) is 10.1. The van der Waals surface area contributed by atoms with E-state index in [2.05, 4.69) is 4.98 Å². The van der Waals surface area contributed by atoms with E-state index in [0.717, 1.165) is 12.1 Å². The third-order valence-electron chi connectivity index (χ3n) is 2.63. The van der Waals surface area contributed by atoms with E-state index in [4.69, 9.17) is 17.5 Å². The highest BCUT2D eigenvalue weighted by atomic mass is 32.1. The number of H-pyrrole nitrogens is 1. The molecular weight excluding hydrogens is 208 g/mol. The van der Waals surface area contributed by atoms with Gasteiger partial charge in [-0.2, -0.15) is 5.26 Å². The molecule has 0 aliphatic heterocycles. The second-order valence-corrected chi connectivity index (χ2v) is 4.36. The molecule has 1 aromatic heterocycles. The monoisotopic (exact) mass is 218 g/mol. The Morgan fingerprint density at radius 2 is 2.33 bits per heavy atom. The van der Waals surface area contributed by atoms with E-state index >= 15 is 0 Å². The second kappa shape index (κ2) is 3.59. The lowest BCUT2D eigenvalue weighted by Crippen LogP contribution is -2.19. The van der Waals surface area contributed by atoms with Crippen LogP contribution in [0.1, 0.15) is 35.0 Å². The van der Waals surface area contributed by atoms with E-state index in [-0.39, 0.29) is 5.78 Å². The van der Waals surface area contributed by atoms with Crippen LogP contribution in [0, 0.1) is 21.9 Å². The largest absolute Gasteiger partial charge is 0.348 e. The highest BCUT2D eigenvalue weighted by molar-refractivity contribution is 7.71. The number of hydrogen-bond acceptors (Lipinski definition) is 3. The zero-order chi connectivity index (χ0) is 11.0. The normalized spacial score (nSPS) is 19.5. The average molecular weight is 218 g/mol. The van der Waals surface area contributed by atoms with Crippen molar-refractivity contribution in [2.75, 3.05) is 0 Å². The quantitative estimate of drug-likeness (QED) is 0.680. The number of aromatic nitrogens is 1. The zero-order valence-corrected chi connectivity index (χ0v) is 9.15. The van der Waals surface area contributed by atoms with E-state index < -0.39 is 0 Å². The average Bonchev–Trinajstić information content (AvgIpc) is 2.16. The van der Waals surface area contributed by atoms with Gasteiger partial charge >= 0.3 is 0 Å². The van der Waals surface area contributed by atoms with Crippen molar-refractivity contribution in [1.82, 2.24) is 4.98 Å². The third kappa shape index (κ3) is 1.71. The van der Waals surface area contributed by atoms with Gasteiger partial charge in [0.1, 0.15) is 10.7 Å². The molecule has 1 aliphatic carbocycles. The van der Waals surface area contributed by atoms with Gasteiger partial charge in [0.2, 0.25) is 0 Å². The first-order valence-electron chi connectivity index (χ1n) is 4.81. The number of Topliss-reactive ketones (excluding diaryl/α,β-unsaturated/α-hetero) is 1. The number of ketones is 1. The summed E-state index contributed by atoms with van der Waals surface area (Å²) in [5.41, 5.74) is 1.90. The molecule has 0 saturated carbocycles. The summed E-state index contributed by atoms with van der Waals surface area (Å²) < 4.78 is 0.429. The summed E-state index contributed by atoms with van der Waals surface area (Å²) in [6.07, 6.45) is 1.39. The summed E-state index contributed by atoms with van der Waals surface area (Å²) in [6, 6.07) is 3.60. The topological polar surface area (TPSA) is 56.6 Å². The molecule has 76 valence electrons. The smallest absolute Gasteiger partial charge is 0.164 e. The molecule has 2 rings (SSSR count). The summed E-state index contributed by atoms with van der Waals surface area (Å²) in [4.78, 5) is 14.7. The second-order valence-electron chi connectivity index (χ2n) is 3.95. The Morgan fingerprint density at radius 3 is 3.00 bits per heavy atom. The zero-order valence-electron chi connectivity index (χ0n) is 8.33. The number of nitrogens with one attached hydrogen (secondary N) is 1. The van der Waals surface area contributed by atoms with Crippen LogP contribution < -0.4 is 0 Å². The predicted octanol–water partition coefficient (Wildman–Crippen LogP) is 2.38. The number of carbonyl (C=O) groups excluding carboxylic acids is 1. The maximum absolute atomic E-state index is 11.7. The van der Waals surface area contributed by atoms with Gasteiger partial charge in [-0.3, -0.25) is 4.79 Å². The highest BCUT2D eigenvalue weighted by Crippen LogP contribution is 2.24. The van der Waals surface area contributed by atoms with Gasteiger partial charge in [-0.15, -0.1) is 0 Å². The van der Waals surface area contributed by atoms with Crippen LogP contribution in [0.4, 0.5) is 0 Å². The molecule has 1 N–H and O–H groups in total. The van der Waals surface area contributed by atoms with Crippen LogP contribution in [0.15, 0.2) is 6.07 Å². The van der Waals surface area contributed by atoms with Gasteiger partial charge in [0.05, 0.1) is 5.56 Å². The van der Waals surface area contributed by atoms with E-state index in [1.807, 2.05) is 13.0 Å². The summed E-state index contributed by atoms with van der Waals surface area (Å²) in [5, 5.41) is 8.81. The van der Waals surface area contributed by atoms with Gasteiger partial charge in [-0.05, 0) is 18.4 Å². The van der Waals surface area contributed by atoms with Crippen molar-refractivity contribution in [2.24, 2.45) is 5.92 Å². The van der Waals surface area contributed by atoms with Gasteiger partial charge in [0.15, 0.2) is 5.78 Å². The molecule has 15 heavy (non-hydrogen) atoms. The first-order valence-corrected chi connectivity index (χ1v) is 5.22. The number of nitrogens with zero attached hydrogens (tertiary/aromatic N) is 1. The fourth-order valence-corrected chi connectivity index (χ4v) is 2.14. The van der Waals surface area contributed by atoms with E-state index in [0.29, 0.717) is 28.1 Å². The molecule has 0 aromatic carbocycles. The minimum absolute atomic E-state index is 0.103. The number of aromatic amines is 1. The van der Waals surface area contributed by atoms with Crippen molar-refractivity contribution < 1.29 is 4.79 Å². The number of nitriles is 1. The van der Waals surface area contributed by atoms with Crippen molar-refractivity contribution in [3.05, 3.63) is 27.5 Å². The molecule has 0 radical (unpaired) electrons. The summed E-state index contributed by atoms with van der Waals surface area (Å²) >= 11 is 5.02. The number of carbonyl (C=O) groups is 1. The Bertz CT molecular complexity index is 524. The van der Waals surface area contributed by atoms with Crippen LogP contribution in [-0.2, 0) is 6.42 Å². The van der Waals surface area contributed by atoms with Gasteiger partial charge in [0, 0.05) is 17.7 Å². The van der Waals surface area contributed by atoms with E-state index in [1.165, 1.54) is 0 Å². The molecule has 1 aromatic rings. The minimum Gasteiger partial charge on any atom is -0.348 e. The predicted molar refractivity (Wildman–Crippen MR) is 58.2 cm³/mol. The standard InChI is InChI=1S/C11H10N2OS/c1-6-2-9-8(10(14)3-6)4-7(5-12)11(15)13-9/h4,6H,2-3H2,1H3,(H,13,15). The first-order chi connectivity index (χ1) is 7.11. The highest BCUT2D eigenvalue weighted by Gasteiger charge is 2.23. The molecule has 1 unspecified atom stereocenters. The van der Waals surface area contributed by atoms with Crippen molar-refractivity contribution in [1.29, 1.82) is 5.26 Å². The molecule has 1 aliphatic rings. The molecule has 0 amide bonds. The summed E-state index contributed by atoms with van der Waals surface area (Å²) in [5.74, 6) is 0.454. The third-order valence-corrected chi connectivity index (χ3v) is 2.95. The lowest BCUT2D eigenvalue weighted by Gasteiger charge is -2.20. The van der Waals surface area contributed by atoms with Gasteiger partial charge in [-0.25, -0.2) is 0 Å². The van der Waals surface area contributed by atoms with Crippen LogP contribution in [-0.4, -0.2) is 10.8 Å². The Morgan fingerprint density at radius 1 is 1.60 bits per heavy atom. The van der Waals surface area contributed by atoms with Gasteiger partial charge < -0.3 is 4.98 Å². The Balaban J connectivity index is 2.63. The fraction of sp³-hybridized carbons (Fsp3) is 0.364. The van der Waals surface area contributed by atoms with E-state index in [9.17, 15) is 4.79 Å². The molecule has 0 spiro atoms. The van der Waals surface area contributed by atoms with Crippen LogP contribution in [0.25, 0.3) is 0 Å². The van der Waals surface area contributed by atoms with Gasteiger partial charge in [0.25, 0.3) is 0 Å². The van der Waals surface area contributed by atoms with Crippen LogP contribution in [0.3, 0.4) is 0 Å². The van der Waals surface area contributed by atoms with Gasteiger partial charge in [-0.1, -0.05) is 19.1 Å². The Labute approximate surface area is 92.7 Å². The van der Waals surface area contributed by atoms with Crippen molar-refractivity contribution in [3.63, 3.8) is 0 Å². The van der Waals surface area contributed by atoms with E-state index in [1.54, 1.807) is 6.07 Å². The Hall–Kier alpha value is -1.47. The molecule has 4 heteroatoms. The molecule has 0 fully saturated rings. The number of pyridine rings is 1. The fourth-order valence-electron chi connectivity index (χ4n) is 1.91. The number of hydrogen-bond donors (Lipinski definition) is 1. The number of fused-ring (bicyclic) bond motifs is 1. The molecule has 0 saturated heterocycles. The van der Waals surface area contributed by atoms with Crippen LogP contribution >= 0.6 is 12.2 Å². The summed E-state index contributed by atoms with van der Waals surface area (Å²) in [7, 11) is 0.